The van der Waals surface area contributed by atoms with Crippen LogP contribution in [0.3, 0.4) is 0 Å². The van der Waals surface area contributed by atoms with Crippen molar-refractivity contribution in [3.05, 3.63) is 58.6 Å². The van der Waals surface area contributed by atoms with E-state index in [9.17, 15) is 13.2 Å². The van der Waals surface area contributed by atoms with Gasteiger partial charge in [-0.05, 0) is 42.5 Å². The van der Waals surface area contributed by atoms with E-state index in [0.29, 0.717) is 9.92 Å². The maximum absolute atomic E-state index is 12.6. The van der Waals surface area contributed by atoms with E-state index in [-0.39, 0.29) is 5.56 Å². The van der Waals surface area contributed by atoms with E-state index >= 15 is 0 Å². The van der Waals surface area contributed by atoms with E-state index in [0.717, 1.165) is 17.0 Å². The summed E-state index contributed by atoms with van der Waals surface area (Å²) < 4.78 is 37.7. The average molecular weight is 314 g/mol. The van der Waals surface area contributed by atoms with Crippen molar-refractivity contribution in [2.24, 2.45) is 0 Å². The molecule has 0 N–H and O–H groups in total. The van der Waals surface area contributed by atoms with E-state index in [1.165, 1.54) is 17.8 Å². The molecule has 0 unspecified atom stereocenters. The Balaban J connectivity index is 2.33. The lowest BCUT2D eigenvalue weighted by atomic mass is 10.1. The molecule has 2 aromatic carbocycles. The van der Waals surface area contributed by atoms with Gasteiger partial charge in [-0.25, -0.2) is 0 Å². The highest BCUT2D eigenvalue weighted by Crippen LogP contribution is 2.35. The molecule has 0 saturated heterocycles. The highest BCUT2D eigenvalue weighted by Gasteiger charge is 2.31. The Morgan fingerprint density at radius 1 is 1.05 bits per heavy atom. The largest absolute Gasteiger partial charge is 0.416 e. The Hall–Kier alpha value is -1.64. The van der Waals surface area contributed by atoms with Gasteiger partial charge >= 0.3 is 6.18 Å². The third-order valence-electron chi connectivity index (χ3n) is 2.47. The fourth-order valence-electron chi connectivity index (χ4n) is 1.51. The molecule has 102 valence electrons. The van der Waals surface area contributed by atoms with Crippen LogP contribution < -0.4 is 0 Å². The van der Waals surface area contributed by atoms with Crippen molar-refractivity contribution in [2.45, 2.75) is 16.0 Å². The zero-order chi connectivity index (χ0) is 14.8. The molecule has 0 aliphatic carbocycles. The van der Waals surface area contributed by atoms with E-state index < -0.39 is 11.7 Å². The van der Waals surface area contributed by atoms with Gasteiger partial charge in [-0.2, -0.15) is 18.4 Å². The van der Waals surface area contributed by atoms with Crippen molar-refractivity contribution in [3.63, 3.8) is 0 Å². The van der Waals surface area contributed by atoms with Crippen molar-refractivity contribution < 1.29 is 13.2 Å². The van der Waals surface area contributed by atoms with Gasteiger partial charge in [0.15, 0.2) is 0 Å². The summed E-state index contributed by atoms with van der Waals surface area (Å²) in [7, 11) is 0. The molecular weight excluding hydrogens is 307 g/mol. The Morgan fingerprint density at radius 3 is 2.25 bits per heavy atom. The Morgan fingerprint density at radius 2 is 1.70 bits per heavy atom. The highest BCUT2D eigenvalue weighted by molar-refractivity contribution is 7.99. The third kappa shape index (κ3) is 3.47. The Kier molecular flexibility index (Phi) is 4.26. The van der Waals surface area contributed by atoms with Crippen molar-refractivity contribution in [1.82, 2.24) is 0 Å². The smallest absolute Gasteiger partial charge is 0.192 e. The van der Waals surface area contributed by atoms with E-state index in [2.05, 4.69) is 0 Å². The first-order valence-corrected chi connectivity index (χ1v) is 6.64. The normalized spacial score (nSPS) is 11.2. The summed E-state index contributed by atoms with van der Waals surface area (Å²) in [5.41, 5.74) is -0.825. The van der Waals surface area contributed by atoms with E-state index in [1.807, 2.05) is 0 Å². The van der Waals surface area contributed by atoms with Crippen molar-refractivity contribution in [2.75, 3.05) is 0 Å². The topological polar surface area (TPSA) is 23.8 Å². The third-order valence-corrected chi connectivity index (χ3v) is 3.80. The van der Waals surface area contributed by atoms with Gasteiger partial charge in [-0.1, -0.05) is 23.4 Å². The SMILES string of the molecule is N#Cc1cc(C(F)(F)F)ccc1Sc1ccc(Cl)cc1. The number of alkyl halides is 3. The van der Waals surface area contributed by atoms with Crippen LogP contribution in [0.1, 0.15) is 11.1 Å². The standard InChI is InChI=1S/C14H7ClF3NS/c15-11-2-4-12(5-3-11)20-13-6-1-10(14(16,17)18)7-9(13)8-19/h1-7H. The van der Waals surface area contributed by atoms with E-state index in [1.54, 1.807) is 30.3 Å². The van der Waals surface area contributed by atoms with Crippen LogP contribution in [-0.2, 0) is 6.18 Å². The zero-order valence-corrected chi connectivity index (χ0v) is 11.5. The summed E-state index contributed by atoms with van der Waals surface area (Å²) in [6, 6.07) is 11.8. The molecule has 0 radical (unpaired) electrons. The zero-order valence-electron chi connectivity index (χ0n) is 9.91. The predicted octanol–water partition coefficient (Wildman–Crippen LogP) is 5.38. The van der Waals surface area contributed by atoms with Gasteiger partial charge in [0, 0.05) is 14.8 Å². The van der Waals surface area contributed by atoms with Crippen LogP contribution in [0.4, 0.5) is 13.2 Å². The molecular formula is C14H7ClF3NS. The molecule has 6 heteroatoms. The number of nitrogens with zero attached hydrogens (tertiary/aromatic N) is 1. The molecule has 0 aliphatic rings. The van der Waals surface area contributed by atoms with E-state index in [4.69, 9.17) is 16.9 Å². The molecule has 0 heterocycles. The molecule has 2 aromatic rings. The fraction of sp³-hybridized carbons (Fsp3) is 0.0714. The highest BCUT2D eigenvalue weighted by atomic mass is 35.5. The molecule has 2 rings (SSSR count). The minimum absolute atomic E-state index is 0.000208. The van der Waals surface area contributed by atoms with Gasteiger partial charge in [0.1, 0.15) is 6.07 Å². The van der Waals surface area contributed by atoms with Crippen LogP contribution in [0.2, 0.25) is 5.02 Å². The molecule has 0 bridgehead atoms. The summed E-state index contributed by atoms with van der Waals surface area (Å²) in [5, 5.41) is 9.55. The van der Waals surface area contributed by atoms with Crippen LogP contribution in [0, 0.1) is 11.3 Å². The first-order valence-electron chi connectivity index (χ1n) is 5.45. The fourth-order valence-corrected chi connectivity index (χ4v) is 2.51. The summed E-state index contributed by atoms with van der Waals surface area (Å²) >= 11 is 6.98. The molecule has 0 atom stereocenters. The lowest BCUT2D eigenvalue weighted by Crippen LogP contribution is -2.05. The summed E-state index contributed by atoms with van der Waals surface area (Å²) in [5.74, 6) is 0. The number of benzene rings is 2. The first-order chi connectivity index (χ1) is 9.40. The number of nitriles is 1. The number of hydrogen-bond acceptors (Lipinski definition) is 2. The van der Waals surface area contributed by atoms with Crippen molar-refractivity contribution >= 4 is 23.4 Å². The van der Waals surface area contributed by atoms with Crippen LogP contribution in [-0.4, -0.2) is 0 Å². The van der Waals surface area contributed by atoms with Crippen molar-refractivity contribution in [3.8, 4) is 6.07 Å². The predicted molar refractivity (Wildman–Crippen MR) is 71.7 cm³/mol. The van der Waals surface area contributed by atoms with Gasteiger partial charge in [-0.15, -0.1) is 0 Å². The average Bonchev–Trinajstić information content (AvgIpc) is 2.40. The first kappa shape index (κ1) is 14.8. The molecule has 1 nitrogen and oxygen atoms in total. The molecule has 0 spiro atoms. The second-order valence-electron chi connectivity index (χ2n) is 3.88. The quantitative estimate of drug-likeness (QED) is 0.743. The molecule has 0 fully saturated rings. The minimum Gasteiger partial charge on any atom is -0.192 e. The second kappa shape index (κ2) is 5.78. The van der Waals surface area contributed by atoms with Crippen LogP contribution in [0.5, 0.6) is 0 Å². The summed E-state index contributed by atoms with van der Waals surface area (Å²) in [6.45, 7) is 0. The Bertz CT molecular complexity index is 660. The second-order valence-corrected chi connectivity index (χ2v) is 5.43. The Labute approximate surface area is 123 Å². The molecule has 20 heavy (non-hydrogen) atoms. The number of hydrogen-bond donors (Lipinski definition) is 0. The van der Waals surface area contributed by atoms with Gasteiger partial charge < -0.3 is 0 Å². The molecule has 0 aromatic heterocycles. The maximum atomic E-state index is 12.6. The van der Waals surface area contributed by atoms with Crippen LogP contribution in [0.25, 0.3) is 0 Å². The summed E-state index contributed by atoms with van der Waals surface area (Å²) in [6.07, 6.45) is -4.45. The van der Waals surface area contributed by atoms with Gasteiger partial charge in [0.25, 0.3) is 0 Å². The molecule has 0 aliphatic heterocycles. The lowest BCUT2D eigenvalue weighted by molar-refractivity contribution is -0.137. The summed E-state index contributed by atoms with van der Waals surface area (Å²) in [4.78, 5) is 1.27. The van der Waals surface area contributed by atoms with Crippen molar-refractivity contribution in [1.29, 1.82) is 5.26 Å². The molecule has 0 saturated carbocycles. The molecule has 0 amide bonds. The van der Waals surface area contributed by atoms with Gasteiger partial charge in [-0.3, -0.25) is 0 Å². The number of halogens is 4. The van der Waals surface area contributed by atoms with Crippen LogP contribution >= 0.6 is 23.4 Å². The van der Waals surface area contributed by atoms with Gasteiger partial charge in [0.2, 0.25) is 0 Å². The minimum atomic E-state index is -4.45. The maximum Gasteiger partial charge on any atom is 0.416 e. The monoisotopic (exact) mass is 313 g/mol. The number of rotatable bonds is 2. The van der Waals surface area contributed by atoms with Crippen LogP contribution in [0.15, 0.2) is 52.3 Å². The van der Waals surface area contributed by atoms with Gasteiger partial charge in [0.05, 0.1) is 11.1 Å². The lowest BCUT2D eigenvalue weighted by Gasteiger charge is -2.09.